The number of carboxylic acid groups (broad SMARTS) is 2. The Hall–Kier alpha value is -1.80. The van der Waals surface area contributed by atoms with Gasteiger partial charge in [-0.2, -0.15) is 0 Å². The van der Waals surface area contributed by atoms with E-state index < -0.39 is 23.6 Å². The number of phenolic OH excluding ortho intramolecular Hbond substituents is 1. The summed E-state index contributed by atoms with van der Waals surface area (Å²) in [7, 11) is 0. The minimum absolute atomic E-state index is 0.0784. The first-order chi connectivity index (χ1) is 8.95. The van der Waals surface area contributed by atoms with Crippen LogP contribution in [0, 0.1) is 0 Å². The molecule has 0 aliphatic heterocycles. The van der Waals surface area contributed by atoms with Gasteiger partial charge in [0.2, 0.25) is 0 Å². The number of aliphatic carboxylic acids is 2. The van der Waals surface area contributed by atoms with Crippen LogP contribution in [0.3, 0.4) is 0 Å². The second-order valence-corrected chi connectivity index (χ2v) is 6.15. The summed E-state index contributed by atoms with van der Waals surface area (Å²) >= 11 is 2.17. The molecule has 0 fully saturated rings. The maximum Gasteiger partial charge on any atom is 0.317 e. The number of phenols is 1. The molecule has 3 N–H and O–H groups in total. The molecule has 100 valence electrons. The van der Waals surface area contributed by atoms with Crippen LogP contribution in [0.25, 0.3) is 10.2 Å². The second kappa shape index (κ2) is 5.45. The molecule has 1 heterocycles. The molecule has 0 saturated carbocycles. The van der Waals surface area contributed by atoms with Crippen LogP contribution in [-0.2, 0) is 9.59 Å². The molecule has 8 heteroatoms. The molecular weight excluding hydrogens is 290 g/mol. The first-order valence-electron chi connectivity index (χ1n) is 5.16. The van der Waals surface area contributed by atoms with Crippen molar-refractivity contribution in [3.8, 4) is 5.75 Å². The van der Waals surface area contributed by atoms with Crippen molar-refractivity contribution in [2.45, 2.75) is 16.0 Å². The molecule has 0 aliphatic rings. The summed E-state index contributed by atoms with van der Waals surface area (Å²) in [6.45, 7) is 0. The predicted octanol–water partition coefficient (Wildman–Crippen LogP) is 2.02. The Morgan fingerprint density at radius 1 is 1.37 bits per heavy atom. The van der Waals surface area contributed by atoms with Crippen molar-refractivity contribution in [2.75, 3.05) is 0 Å². The molecule has 0 radical (unpaired) electrons. The Bertz CT molecular complexity index is 639. The van der Waals surface area contributed by atoms with Gasteiger partial charge in [-0.25, -0.2) is 4.98 Å². The normalized spacial score (nSPS) is 12.4. The monoisotopic (exact) mass is 299 g/mol. The Morgan fingerprint density at radius 3 is 2.74 bits per heavy atom. The van der Waals surface area contributed by atoms with Crippen LogP contribution in [0.4, 0.5) is 0 Å². The molecule has 0 spiro atoms. The van der Waals surface area contributed by atoms with E-state index >= 15 is 0 Å². The van der Waals surface area contributed by atoms with E-state index in [2.05, 4.69) is 4.98 Å². The highest BCUT2D eigenvalue weighted by atomic mass is 32.2. The zero-order chi connectivity index (χ0) is 14.0. The van der Waals surface area contributed by atoms with Gasteiger partial charge >= 0.3 is 11.9 Å². The lowest BCUT2D eigenvalue weighted by atomic mass is 10.3. The summed E-state index contributed by atoms with van der Waals surface area (Å²) in [5, 5.41) is 25.9. The van der Waals surface area contributed by atoms with Crippen molar-refractivity contribution >= 4 is 45.3 Å². The van der Waals surface area contributed by atoms with Crippen LogP contribution in [0.15, 0.2) is 22.5 Å². The molecule has 1 unspecified atom stereocenters. The van der Waals surface area contributed by atoms with Gasteiger partial charge in [0.1, 0.15) is 11.0 Å². The zero-order valence-corrected chi connectivity index (χ0v) is 11.1. The third-order valence-corrected chi connectivity index (χ3v) is 4.55. The molecule has 2 rings (SSSR count). The number of thiazole rings is 1. The van der Waals surface area contributed by atoms with E-state index in [9.17, 15) is 14.7 Å². The van der Waals surface area contributed by atoms with E-state index in [1.807, 2.05) is 0 Å². The molecule has 0 bridgehead atoms. The van der Waals surface area contributed by atoms with E-state index in [0.717, 1.165) is 16.5 Å². The summed E-state index contributed by atoms with van der Waals surface area (Å²) < 4.78 is 1.27. The number of fused-ring (bicyclic) bond motifs is 1. The van der Waals surface area contributed by atoms with E-state index in [1.54, 1.807) is 6.07 Å². The van der Waals surface area contributed by atoms with Gasteiger partial charge < -0.3 is 15.3 Å². The zero-order valence-electron chi connectivity index (χ0n) is 9.44. The average molecular weight is 299 g/mol. The van der Waals surface area contributed by atoms with Crippen LogP contribution < -0.4 is 0 Å². The lowest BCUT2D eigenvalue weighted by Gasteiger charge is -2.06. The second-order valence-electron chi connectivity index (χ2n) is 3.67. The Labute approximate surface area is 115 Å². The number of hydrogen-bond donors (Lipinski definition) is 3. The van der Waals surface area contributed by atoms with Crippen molar-refractivity contribution < 1.29 is 24.9 Å². The summed E-state index contributed by atoms with van der Waals surface area (Å²) in [4.78, 5) is 25.7. The summed E-state index contributed by atoms with van der Waals surface area (Å²) in [6, 6.07) is 4.67. The molecule has 0 amide bonds. The third kappa shape index (κ3) is 3.36. The standard InChI is InChI=1S/C11H9NO5S2/c13-5-1-2-7-6(3-5)12-11(18-7)19-8(10(16)17)4-9(14)15/h1-3,8,13H,4H2,(H,14,15)(H,16,17). The molecule has 1 aromatic heterocycles. The molecule has 1 atom stereocenters. The number of thioether (sulfide) groups is 1. The molecule has 0 saturated heterocycles. The fraction of sp³-hybridized carbons (Fsp3) is 0.182. The van der Waals surface area contributed by atoms with Crippen LogP contribution in [0.1, 0.15) is 6.42 Å². The largest absolute Gasteiger partial charge is 0.508 e. The van der Waals surface area contributed by atoms with E-state index in [-0.39, 0.29) is 5.75 Å². The maximum absolute atomic E-state index is 11.0. The Balaban J connectivity index is 2.23. The van der Waals surface area contributed by atoms with Crippen molar-refractivity contribution in [2.24, 2.45) is 0 Å². The van der Waals surface area contributed by atoms with Gasteiger partial charge in [-0.05, 0) is 12.1 Å². The van der Waals surface area contributed by atoms with Crippen molar-refractivity contribution in [3.63, 3.8) is 0 Å². The SMILES string of the molecule is O=C(O)CC(Sc1nc2cc(O)ccc2s1)C(=O)O. The minimum atomic E-state index is -1.19. The molecule has 0 aliphatic carbocycles. The van der Waals surface area contributed by atoms with Crippen LogP contribution in [0.2, 0.25) is 0 Å². The van der Waals surface area contributed by atoms with Gasteiger partial charge in [0, 0.05) is 6.07 Å². The van der Waals surface area contributed by atoms with E-state index in [4.69, 9.17) is 10.2 Å². The fourth-order valence-corrected chi connectivity index (χ4v) is 3.61. The number of carboxylic acids is 2. The van der Waals surface area contributed by atoms with E-state index in [0.29, 0.717) is 9.86 Å². The molecule has 6 nitrogen and oxygen atoms in total. The lowest BCUT2D eigenvalue weighted by Crippen LogP contribution is -2.20. The first-order valence-corrected chi connectivity index (χ1v) is 6.86. The van der Waals surface area contributed by atoms with E-state index in [1.165, 1.54) is 23.5 Å². The van der Waals surface area contributed by atoms with Gasteiger partial charge in [-0.15, -0.1) is 11.3 Å². The van der Waals surface area contributed by atoms with Gasteiger partial charge in [0.25, 0.3) is 0 Å². The Kier molecular flexibility index (Phi) is 3.91. The van der Waals surface area contributed by atoms with Gasteiger partial charge in [-0.1, -0.05) is 11.8 Å². The quantitative estimate of drug-likeness (QED) is 0.725. The topological polar surface area (TPSA) is 108 Å². The summed E-state index contributed by atoms with van der Waals surface area (Å²) in [5.74, 6) is -2.28. The number of benzene rings is 1. The highest BCUT2D eigenvalue weighted by molar-refractivity contribution is 8.02. The summed E-state index contributed by atoms with van der Waals surface area (Å²) in [5.41, 5.74) is 0.562. The number of rotatable bonds is 5. The Morgan fingerprint density at radius 2 is 2.11 bits per heavy atom. The average Bonchev–Trinajstić information content (AvgIpc) is 2.68. The third-order valence-electron chi connectivity index (χ3n) is 2.23. The molecule has 1 aromatic carbocycles. The van der Waals surface area contributed by atoms with Crippen molar-refractivity contribution in [1.82, 2.24) is 4.98 Å². The van der Waals surface area contributed by atoms with Gasteiger partial charge in [0.15, 0.2) is 4.34 Å². The number of hydrogen-bond acceptors (Lipinski definition) is 6. The number of aromatic hydroxyl groups is 1. The number of aromatic nitrogens is 1. The maximum atomic E-state index is 11.0. The van der Waals surface area contributed by atoms with Crippen molar-refractivity contribution in [1.29, 1.82) is 0 Å². The van der Waals surface area contributed by atoms with Crippen LogP contribution in [-0.4, -0.2) is 37.5 Å². The summed E-state index contributed by atoms with van der Waals surface area (Å²) in [6.07, 6.45) is -0.471. The predicted molar refractivity (Wildman–Crippen MR) is 70.8 cm³/mol. The van der Waals surface area contributed by atoms with Crippen LogP contribution >= 0.6 is 23.1 Å². The smallest absolute Gasteiger partial charge is 0.317 e. The fourth-order valence-electron chi connectivity index (χ4n) is 1.40. The molecular formula is C11H9NO5S2. The molecule has 2 aromatic rings. The highest BCUT2D eigenvalue weighted by Gasteiger charge is 2.24. The number of nitrogens with zero attached hydrogens (tertiary/aromatic N) is 1. The first kappa shape index (κ1) is 13.6. The van der Waals surface area contributed by atoms with Gasteiger partial charge in [-0.3, -0.25) is 9.59 Å². The van der Waals surface area contributed by atoms with Crippen molar-refractivity contribution in [3.05, 3.63) is 18.2 Å². The molecule has 19 heavy (non-hydrogen) atoms. The number of carbonyl (C=O) groups is 2. The lowest BCUT2D eigenvalue weighted by molar-refractivity contribution is -0.142. The van der Waals surface area contributed by atoms with Gasteiger partial charge in [0.05, 0.1) is 16.6 Å². The van der Waals surface area contributed by atoms with Crippen LogP contribution in [0.5, 0.6) is 5.75 Å². The highest BCUT2D eigenvalue weighted by Crippen LogP contribution is 2.34. The minimum Gasteiger partial charge on any atom is -0.508 e.